The van der Waals surface area contributed by atoms with Crippen molar-refractivity contribution in [2.75, 3.05) is 11.9 Å². The molecular weight excluding hydrogens is 346 g/mol. The minimum absolute atomic E-state index is 0.00943. The van der Waals surface area contributed by atoms with Gasteiger partial charge in [-0.2, -0.15) is 0 Å². The Morgan fingerprint density at radius 2 is 1.37 bits per heavy atom. The van der Waals surface area contributed by atoms with Gasteiger partial charge < -0.3 is 10.1 Å². The number of hydrogen-bond acceptors (Lipinski definition) is 4. The smallest absolute Gasteiger partial charge is 0.276 e. The highest BCUT2D eigenvalue weighted by Gasteiger charge is 2.10. The maximum atomic E-state index is 11.8. The first kappa shape index (κ1) is 20.0. The molecule has 0 saturated carbocycles. The van der Waals surface area contributed by atoms with E-state index in [1.165, 1.54) is 0 Å². The predicted molar refractivity (Wildman–Crippen MR) is 102 cm³/mol. The van der Waals surface area contributed by atoms with Crippen molar-refractivity contribution in [3.63, 3.8) is 0 Å². The molecule has 2 aromatic carbocycles. The zero-order valence-electron chi connectivity index (χ0n) is 15.4. The highest BCUT2D eigenvalue weighted by atomic mass is 16.5. The van der Waals surface area contributed by atoms with E-state index in [1.807, 2.05) is 38.1 Å². The minimum atomic E-state index is -0.486. The lowest BCUT2D eigenvalue weighted by Gasteiger charge is -2.12. The molecule has 7 nitrogen and oxygen atoms in total. The van der Waals surface area contributed by atoms with E-state index in [9.17, 15) is 14.4 Å². The van der Waals surface area contributed by atoms with Crippen LogP contribution in [0.1, 0.15) is 24.0 Å². The number of aryl methyl sites for hydroxylation is 2. The third-order valence-electron chi connectivity index (χ3n) is 3.73. The monoisotopic (exact) mass is 369 g/mol. The Labute approximate surface area is 158 Å². The summed E-state index contributed by atoms with van der Waals surface area (Å²) in [6.07, 6.45) is -0.0355. The zero-order valence-corrected chi connectivity index (χ0v) is 15.4. The van der Waals surface area contributed by atoms with Crippen molar-refractivity contribution in [3.8, 4) is 5.75 Å². The molecule has 3 amide bonds. The van der Waals surface area contributed by atoms with Gasteiger partial charge in [-0.3, -0.25) is 25.2 Å². The summed E-state index contributed by atoms with van der Waals surface area (Å²) in [6, 6.07) is 14.7. The van der Waals surface area contributed by atoms with Crippen molar-refractivity contribution in [2.45, 2.75) is 26.7 Å². The van der Waals surface area contributed by atoms with Gasteiger partial charge in [-0.15, -0.1) is 0 Å². The Morgan fingerprint density at radius 1 is 0.778 bits per heavy atom. The van der Waals surface area contributed by atoms with Crippen LogP contribution in [0.2, 0.25) is 0 Å². The molecule has 0 radical (unpaired) electrons. The number of anilines is 1. The number of carbonyl (C=O) groups excluding carboxylic acids is 3. The van der Waals surface area contributed by atoms with Gasteiger partial charge in [0, 0.05) is 18.5 Å². The van der Waals surface area contributed by atoms with Crippen LogP contribution in [0.4, 0.5) is 5.69 Å². The third kappa shape index (κ3) is 6.81. The fourth-order valence-electron chi connectivity index (χ4n) is 2.37. The van der Waals surface area contributed by atoms with Gasteiger partial charge in [-0.05, 0) is 37.1 Å². The van der Waals surface area contributed by atoms with Crippen molar-refractivity contribution in [2.24, 2.45) is 0 Å². The SMILES string of the molecule is Cc1cccc(C)c1OCC(=O)NNC(=O)CCC(=O)Nc1ccccc1. The number of hydrogen-bond donors (Lipinski definition) is 3. The molecular formula is C20H23N3O4. The second-order valence-corrected chi connectivity index (χ2v) is 6.02. The quantitative estimate of drug-likeness (QED) is 0.652. The van der Waals surface area contributed by atoms with Crippen LogP contribution in [0.25, 0.3) is 0 Å². The summed E-state index contributed by atoms with van der Waals surface area (Å²) in [5.41, 5.74) is 7.06. The summed E-state index contributed by atoms with van der Waals surface area (Å²) in [6.45, 7) is 3.56. The molecule has 0 unspecified atom stereocenters. The van der Waals surface area contributed by atoms with Gasteiger partial charge in [-0.25, -0.2) is 0 Å². The first-order valence-corrected chi connectivity index (χ1v) is 8.57. The Balaban J connectivity index is 1.66. The molecule has 2 rings (SSSR count). The molecule has 7 heteroatoms. The molecule has 0 aliphatic carbocycles. The van der Waals surface area contributed by atoms with Crippen molar-refractivity contribution in [1.29, 1.82) is 0 Å². The summed E-state index contributed by atoms with van der Waals surface area (Å²) >= 11 is 0. The number of hydrazine groups is 1. The summed E-state index contributed by atoms with van der Waals surface area (Å²) < 4.78 is 5.50. The number of nitrogens with one attached hydrogen (secondary N) is 3. The van der Waals surface area contributed by atoms with Gasteiger partial charge in [0.15, 0.2) is 6.61 Å². The first-order chi connectivity index (χ1) is 13.0. The number of para-hydroxylation sites is 2. The van der Waals surface area contributed by atoms with Crippen LogP contribution in [0.5, 0.6) is 5.75 Å². The number of rotatable bonds is 7. The lowest BCUT2D eigenvalue weighted by atomic mass is 10.1. The standard InChI is InChI=1S/C20H23N3O4/c1-14-7-6-8-15(2)20(14)27-13-19(26)23-22-18(25)12-11-17(24)21-16-9-4-3-5-10-16/h3-10H,11-13H2,1-2H3,(H,21,24)(H,22,25)(H,23,26). The normalized spacial score (nSPS) is 10.0. The number of amides is 3. The Morgan fingerprint density at radius 3 is 2.04 bits per heavy atom. The molecule has 0 spiro atoms. The summed E-state index contributed by atoms with van der Waals surface area (Å²) in [7, 11) is 0. The van der Waals surface area contributed by atoms with Gasteiger partial charge in [0.05, 0.1) is 0 Å². The highest BCUT2D eigenvalue weighted by Crippen LogP contribution is 2.21. The van der Waals surface area contributed by atoms with Crippen molar-refractivity contribution in [1.82, 2.24) is 10.9 Å². The molecule has 0 atom stereocenters. The van der Waals surface area contributed by atoms with Gasteiger partial charge in [0.1, 0.15) is 5.75 Å². The van der Waals surface area contributed by atoms with E-state index >= 15 is 0 Å². The van der Waals surface area contributed by atoms with Crippen molar-refractivity contribution in [3.05, 3.63) is 59.7 Å². The summed E-state index contributed by atoms with van der Waals surface area (Å²) in [5, 5.41) is 2.68. The first-order valence-electron chi connectivity index (χ1n) is 8.57. The lowest BCUT2D eigenvalue weighted by Crippen LogP contribution is -2.44. The zero-order chi connectivity index (χ0) is 19.6. The van der Waals surface area contributed by atoms with Crippen molar-refractivity contribution >= 4 is 23.4 Å². The summed E-state index contributed by atoms with van der Waals surface area (Å²) in [5.74, 6) is -0.573. The molecule has 142 valence electrons. The Hall–Kier alpha value is -3.35. The van der Waals surface area contributed by atoms with Crippen LogP contribution in [-0.2, 0) is 14.4 Å². The number of carbonyl (C=O) groups is 3. The maximum absolute atomic E-state index is 11.8. The van der Waals surface area contributed by atoms with E-state index in [2.05, 4.69) is 16.2 Å². The maximum Gasteiger partial charge on any atom is 0.276 e. The molecule has 0 aliphatic heterocycles. The van der Waals surface area contributed by atoms with Gasteiger partial charge in [-0.1, -0.05) is 36.4 Å². The molecule has 0 saturated heterocycles. The largest absolute Gasteiger partial charge is 0.483 e. The average Bonchev–Trinajstić information content (AvgIpc) is 2.65. The van der Waals surface area contributed by atoms with Crippen LogP contribution >= 0.6 is 0 Å². The van der Waals surface area contributed by atoms with Gasteiger partial charge >= 0.3 is 0 Å². The van der Waals surface area contributed by atoms with E-state index in [0.29, 0.717) is 11.4 Å². The molecule has 0 fully saturated rings. The van der Waals surface area contributed by atoms with E-state index in [0.717, 1.165) is 11.1 Å². The van der Waals surface area contributed by atoms with E-state index in [4.69, 9.17) is 4.74 Å². The second kappa shape index (κ2) is 9.96. The average molecular weight is 369 g/mol. The molecule has 2 aromatic rings. The molecule has 27 heavy (non-hydrogen) atoms. The van der Waals surface area contributed by atoms with Crippen molar-refractivity contribution < 1.29 is 19.1 Å². The molecule has 0 bridgehead atoms. The molecule has 0 aromatic heterocycles. The fraction of sp³-hybridized carbons (Fsp3) is 0.250. The van der Waals surface area contributed by atoms with Gasteiger partial charge in [0.2, 0.25) is 11.8 Å². The minimum Gasteiger partial charge on any atom is -0.483 e. The van der Waals surface area contributed by atoms with Crippen LogP contribution in [-0.4, -0.2) is 24.3 Å². The van der Waals surface area contributed by atoms with Crippen LogP contribution < -0.4 is 20.9 Å². The Bertz CT molecular complexity index is 786. The summed E-state index contributed by atoms with van der Waals surface area (Å²) in [4.78, 5) is 35.3. The van der Waals surface area contributed by atoms with E-state index in [1.54, 1.807) is 24.3 Å². The predicted octanol–water partition coefficient (Wildman–Crippen LogP) is 2.25. The van der Waals surface area contributed by atoms with Crippen LogP contribution in [0.15, 0.2) is 48.5 Å². The van der Waals surface area contributed by atoms with E-state index < -0.39 is 11.8 Å². The second-order valence-electron chi connectivity index (χ2n) is 6.02. The highest BCUT2D eigenvalue weighted by molar-refractivity contribution is 5.93. The Kier molecular flexibility index (Phi) is 7.37. The third-order valence-corrected chi connectivity index (χ3v) is 3.73. The van der Waals surface area contributed by atoms with Crippen LogP contribution in [0.3, 0.4) is 0 Å². The van der Waals surface area contributed by atoms with Gasteiger partial charge in [0.25, 0.3) is 5.91 Å². The number of ether oxygens (including phenoxy) is 1. The van der Waals surface area contributed by atoms with E-state index in [-0.39, 0.29) is 25.4 Å². The topological polar surface area (TPSA) is 96.5 Å². The lowest BCUT2D eigenvalue weighted by molar-refractivity contribution is -0.130. The number of benzene rings is 2. The van der Waals surface area contributed by atoms with Crippen LogP contribution in [0, 0.1) is 13.8 Å². The molecule has 0 aliphatic rings. The molecule has 3 N–H and O–H groups in total. The molecule has 0 heterocycles. The fourth-order valence-corrected chi connectivity index (χ4v) is 2.37.